The number of nitrogens with two attached hydrogens (primary N) is 1. The third-order valence-electron chi connectivity index (χ3n) is 2.33. The maximum absolute atomic E-state index is 11.4. The van der Waals surface area contributed by atoms with Gasteiger partial charge in [0.05, 0.1) is 0 Å². The highest BCUT2D eigenvalue weighted by Crippen LogP contribution is 2.16. The molecule has 2 N–H and O–H groups in total. The van der Waals surface area contributed by atoms with E-state index in [-0.39, 0.29) is 5.56 Å². The van der Waals surface area contributed by atoms with Crippen molar-refractivity contribution >= 4 is 17.7 Å². The number of aryl methyl sites for hydroxylation is 1. The fourth-order valence-electron chi connectivity index (χ4n) is 1.33. The molecule has 17 heavy (non-hydrogen) atoms. The molecule has 2 aromatic heterocycles. The van der Waals surface area contributed by atoms with E-state index < -0.39 is 0 Å². The summed E-state index contributed by atoms with van der Waals surface area (Å²) in [6.45, 7) is 0.636. The maximum Gasteiger partial charge on any atom is 0.250 e. The van der Waals surface area contributed by atoms with E-state index in [1.54, 1.807) is 27.5 Å². The summed E-state index contributed by atoms with van der Waals surface area (Å²) in [5.41, 5.74) is 5.57. The zero-order valence-electron chi connectivity index (χ0n) is 9.41. The van der Waals surface area contributed by atoms with Crippen LogP contribution >= 0.6 is 11.8 Å². The molecule has 7 heteroatoms. The summed E-state index contributed by atoms with van der Waals surface area (Å²) >= 11 is 1.52. The van der Waals surface area contributed by atoms with E-state index in [9.17, 15) is 4.79 Å². The van der Waals surface area contributed by atoms with Crippen molar-refractivity contribution in [2.75, 3.05) is 11.5 Å². The molecular weight excluding hydrogens is 238 g/mol. The van der Waals surface area contributed by atoms with Gasteiger partial charge in [-0.25, -0.2) is 0 Å². The first-order valence-corrected chi connectivity index (χ1v) is 6.10. The average molecular weight is 251 g/mol. The summed E-state index contributed by atoms with van der Waals surface area (Å²) in [5, 5.41) is 8.45. The molecule has 0 aliphatic heterocycles. The van der Waals surface area contributed by atoms with E-state index in [1.807, 2.05) is 13.1 Å². The van der Waals surface area contributed by atoms with Crippen LogP contribution in [-0.2, 0) is 13.6 Å². The van der Waals surface area contributed by atoms with Crippen molar-refractivity contribution in [2.24, 2.45) is 7.05 Å². The first-order valence-electron chi connectivity index (χ1n) is 5.11. The SMILES string of the molecule is Cn1c(N)nnc1SCCn1ccccc1=O. The minimum atomic E-state index is 0.00517. The second kappa shape index (κ2) is 5.05. The van der Waals surface area contributed by atoms with Gasteiger partial charge in [0.15, 0.2) is 5.16 Å². The van der Waals surface area contributed by atoms with Gasteiger partial charge >= 0.3 is 0 Å². The highest BCUT2D eigenvalue weighted by Gasteiger charge is 2.05. The molecule has 0 aliphatic rings. The molecule has 0 fully saturated rings. The molecule has 0 saturated heterocycles. The third kappa shape index (κ3) is 2.68. The smallest absolute Gasteiger partial charge is 0.250 e. The van der Waals surface area contributed by atoms with Gasteiger partial charge in [-0.3, -0.25) is 9.36 Å². The van der Waals surface area contributed by atoms with Crippen LogP contribution in [0.2, 0.25) is 0 Å². The van der Waals surface area contributed by atoms with Crippen molar-refractivity contribution in [3.63, 3.8) is 0 Å². The lowest BCUT2D eigenvalue weighted by Crippen LogP contribution is -2.18. The van der Waals surface area contributed by atoms with Gasteiger partial charge in [0.1, 0.15) is 0 Å². The predicted molar refractivity (Wildman–Crippen MR) is 66.8 cm³/mol. The summed E-state index contributed by atoms with van der Waals surface area (Å²) in [4.78, 5) is 11.4. The zero-order chi connectivity index (χ0) is 12.3. The summed E-state index contributed by atoms with van der Waals surface area (Å²) < 4.78 is 3.38. The normalized spacial score (nSPS) is 10.6. The van der Waals surface area contributed by atoms with Gasteiger partial charge in [0.25, 0.3) is 5.56 Å². The van der Waals surface area contributed by atoms with E-state index in [0.29, 0.717) is 12.5 Å². The van der Waals surface area contributed by atoms with Crippen molar-refractivity contribution in [3.05, 3.63) is 34.7 Å². The molecule has 0 unspecified atom stereocenters. The molecule has 2 aromatic rings. The van der Waals surface area contributed by atoms with E-state index in [4.69, 9.17) is 5.73 Å². The average Bonchev–Trinajstić information content (AvgIpc) is 2.63. The molecule has 0 amide bonds. The summed E-state index contributed by atoms with van der Waals surface area (Å²) in [6.07, 6.45) is 1.77. The second-order valence-electron chi connectivity index (χ2n) is 3.48. The van der Waals surface area contributed by atoms with Crippen LogP contribution in [0.3, 0.4) is 0 Å². The molecule has 0 aliphatic carbocycles. The van der Waals surface area contributed by atoms with E-state index in [2.05, 4.69) is 10.2 Å². The largest absolute Gasteiger partial charge is 0.368 e. The Bertz CT molecular complexity index is 562. The fourth-order valence-corrected chi connectivity index (χ4v) is 2.19. The minimum absolute atomic E-state index is 0.00517. The van der Waals surface area contributed by atoms with Crippen LogP contribution < -0.4 is 11.3 Å². The van der Waals surface area contributed by atoms with E-state index in [1.165, 1.54) is 11.8 Å². The topological polar surface area (TPSA) is 78.7 Å². The Morgan fingerprint density at radius 3 is 2.88 bits per heavy atom. The first kappa shape index (κ1) is 11.7. The summed E-state index contributed by atoms with van der Waals surface area (Å²) in [7, 11) is 1.81. The quantitative estimate of drug-likeness (QED) is 0.793. The van der Waals surface area contributed by atoms with Gasteiger partial charge in [-0.15, -0.1) is 10.2 Å². The molecule has 2 rings (SSSR count). The Hall–Kier alpha value is -1.76. The Morgan fingerprint density at radius 1 is 1.41 bits per heavy atom. The van der Waals surface area contributed by atoms with Gasteiger partial charge in [0, 0.05) is 31.6 Å². The van der Waals surface area contributed by atoms with Crippen molar-refractivity contribution < 1.29 is 0 Å². The number of nitrogens with zero attached hydrogens (tertiary/aromatic N) is 4. The minimum Gasteiger partial charge on any atom is -0.368 e. The molecular formula is C10H13N5OS. The van der Waals surface area contributed by atoms with Crippen molar-refractivity contribution in [3.8, 4) is 0 Å². The number of thioether (sulfide) groups is 1. The van der Waals surface area contributed by atoms with E-state index >= 15 is 0 Å². The molecule has 0 aromatic carbocycles. The monoisotopic (exact) mass is 251 g/mol. The maximum atomic E-state index is 11.4. The Balaban J connectivity index is 1.95. The van der Waals surface area contributed by atoms with Crippen molar-refractivity contribution in [1.82, 2.24) is 19.3 Å². The number of anilines is 1. The Kier molecular flexibility index (Phi) is 3.48. The molecule has 0 bridgehead atoms. The number of nitrogen functional groups attached to an aromatic ring is 1. The summed E-state index contributed by atoms with van der Waals surface area (Å²) in [6, 6.07) is 5.12. The number of aromatic nitrogens is 4. The predicted octanol–water partition coefficient (Wildman–Crippen LogP) is 0.351. The number of pyridine rings is 1. The lowest BCUT2D eigenvalue weighted by Gasteiger charge is -2.04. The number of rotatable bonds is 4. The van der Waals surface area contributed by atoms with Gasteiger partial charge < -0.3 is 10.3 Å². The van der Waals surface area contributed by atoms with Crippen molar-refractivity contribution in [2.45, 2.75) is 11.7 Å². The van der Waals surface area contributed by atoms with Crippen LogP contribution in [0.15, 0.2) is 34.3 Å². The Labute approximate surface area is 102 Å². The highest BCUT2D eigenvalue weighted by molar-refractivity contribution is 7.99. The van der Waals surface area contributed by atoms with Crippen LogP contribution in [0, 0.1) is 0 Å². The standard InChI is InChI=1S/C10H13N5OS/c1-14-9(11)12-13-10(14)17-7-6-15-5-3-2-4-8(15)16/h2-5H,6-7H2,1H3,(H2,11,12). The van der Waals surface area contributed by atoms with Gasteiger partial charge in [-0.05, 0) is 6.07 Å². The number of hydrogen-bond acceptors (Lipinski definition) is 5. The van der Waals surface area contributed by atoms with Crippen LogP contribution in [0.4, 0.5) is 5.95 Å². The molecule has 0 spiro atoms. The lowest BCUT2D eigenvalue weighted by atomic mass is 10.5. The Morgan fingerprint density at radius 2 is 2.24 bits per heavy atom. The van der Waals surface area contributed by atoms with Gasteiger partial charge in [0.2, 0.25) is 5.95 Å². The first-order chi connectivity index (χ1) is 8.18. The molecule has 90 valence electrons. The fraction of sp³-hybridized carbons (Fsp3) is 0.300. The molecule has 0 radical (unpaired) electrons. The molecule has 0 saturated carbocycles. The van der Waals surface area contributed by atoms with Crippen LogP contribution in [0.25, 0.3) is 0 Å². The number of hydrogen-bond donors (Lipinski definition) is 1. The third-order valence-corrected chi connectivity index (χ3v) is 3.33. The molecule has 0 atom stereocenters. The van der Waals surface area contributed by atoms with Gasteiger partial charge in [-0.1, -0.05) is 17.8 Å². The second-order valence-corrected chi connectivity index (χ2v) is 4.54. The van der Waals surface area contributed by atoms with Crippen LogP contribution in [0.1, 0.15) is 0 Å². The van der Waals surface area contributed by atoms with Crippen molar-refractivity contribution in [1.29, 1.82) is 0 Å². The van der Waals surface area contributed by atoms with Crippen LogP contribution in [-0.4, -0.2) is 25.1 Å². The zero-order valence-corrected chi connectivity index (χ0v) is 10.2. The molecule has 2 heterocycles. The van der Waals surface area contributed by atoms with Crippen LogP contribution in [0.5, 0.6) is 0 Å². The lowest BCUT2D eigenvalue weighted by molar-refractivity contribution is 0.730. The summed E-state index contributed by atoms with van der Waals surface area (Å²) in [5.74, 6) is 1.14. The molecule has 6 nitrogen and oxygen atoms in total. The van der Waals surface area contributed by atoms with E-state index in [0.717, 1.165) is 10.9 Å². The van der Waals surface area contributed by atoms with Gasteiger partial charge in [-0.2, -0.15) is 0 Å². The highest BCUT2D eigenvalue weighted by atomic mass is 32.2.